The average molecular weight is 301 g/mol. The number of thioether (sulfide) groups is 1. The second-order valence-electron chi connectivity index (χ2n) is 6.26. The maximum atomic E-state index is 12.1. The van der Waals surface area contributed by atoms with Crippen LogP contribution in [-0.4, -0.2) is 16.4 Å². The van der Waals surface area contributed by atoms with E-state index >= 15 is 0 Å². The summed E-state index contributed by atoms with van der Waals surface area (Å²) in [5.74, 6) is 0.592. The van der Waals surface area contributed by atoms with Gasteiger partial charge in [-0.3, -0.25) is 4.79 Å². The van der Waals surface area contributed by atoms with Crippen LogP contribution >= 0.6 is 11.8 Å². The zero-order chi connectivity index (χ0) is 15.5. The van der Waals surface area contributed by atoms with Crippen LogP contribution in [0.2, 0.25) is 0 Å². The van der Waals surface area contributed by atoms with Crippen LogP contribution in [0.15, 0.2) is 42.5 Å². The molecule has 1 unspecified atom stereocenters. The predicted molar refractivity (Wildman–Crippen MR) is 92.7 cm³/mol. The second-order valence-corrected chi connectivity index (χ2v) is 8.06. The molecule has 112 valence electrons. The highest BCUT2D eigenvalue weighted by Crippen LogP contribution is 2.25. The van der Waals surface area contributed by atoms with Gasteiger partial charge in [-0.25, -0.2) is 0 Å². The molecule has 2 aromatic carbocycles. The fraction of sp³-hybridized carbons (Fsp3) is 0.389. The van der Waals surface area contributed by atoms with Gasteiger partial charge in [-0.15, -0.1) is 11.8 Å². The van der Waals surface area contributed by atoms with Crippen molar-refractivity contribution in [3.8, 4) is 0 Å². The van der Waals surface area contributed by atoms with Crippen molar-refractivity contribution in [2.75, 3.05) is 5.75 Å². The summed E-state index contributed by atoms with van der Waals surface area (Å²) >= 11 is 1.67. The van der Waals surface area contributed by atoms with E-state index < -0.39 is 0 Å². The number of hydrogen-bond acceptors (Lipinski definition) is 2. The van der Waals surface area contributed by atoms with Crippen molar-refractivity contribution in [1.29, 1.82) is 0 Å². The van der Waals surface area contributed by atoms with Crippen molar-refractivity contribution in [3.63, 3.8) is 0 Å². The first-order valence-corrected chi connectivity index (χ1v) is 8.26. The first-order chi connectivity index (χ1) is 9.87. The highest BCUT2D eigenvalue weighted by molar-refractivity contribution is 8.01. The Morgan fingerprint density at radius 2 is 1.81 bits per heavy atom. The van der Waals surface area contributed by atoms with Gasteiger partial charge < -0.3 is 5.32 Å². The highest BCUT2D eigenvalue weighted by Gasteiger charge is 2.16. The van der Waals surface area contributed by atoms with Gasteiger partial charge in [0, 0.05) is 4.75 Å². The van der Waals surface area contributed by atoms with E-state index in [1.165, 1.54) is 16.3 Å². The molecule has 2 rings (SSSR count). The third kappa shape index (κ3) is 4.50. The van der Waals surface area contributed by atoms with E-state index in [0.29, 0.717) is 5.75 Å². The fourth-order valence-corrected chi connectivity index (χ4v) is 2.92. The van der Waals surface area contributed by atoms with Crippen molar-refractivity contribution in [1.82, 2.24) is 5.32 Å². The maximum absolute atomic E-state index is 12.1. The van der Waals surface area contributed by atoms with Gasteiger partial charge >= 0.3 is 0 Å². The number of nitrogens with one attached hydrogen (secondary N) is 1. The van der Waals surface area contributed by atoms with Gasteiger partial charge in [-0.1, -0.05) is 63.2 Å². The van der Waals surface area contributed by atoms with E-state index in [2.05, 4.69) is 50.4 Å². The summed E-state index contributed by atoms with van der Waals surface area (Å²) in [6.07, 6.45) is 0. The van der Waals surface area contributed by atoms with Gasteiger partial charge in [0.05, 0.1) is 11.8 Å². The molecule has 0 saturated carbocycles. The van der Waals surface area contributed by atoms with Gasteiger partial charge in [0.25, 0.3) is 0 Å². The summed E-state index contributed by atoms with van der Waals surface area (Å²) in [7, 11) is 0. The molecule has 0 radical (unpaired) electrons. The molecule has 1 N–H and O–H groups in total. The first kappa shape index (κ1) is 15.9. The van der Waals surface area contributed by atoms with Crippen LogP contribution in [0, 0.1) is 0 Å². The molecule has 0 aliphatic carbocycles. The van der Waals surface area contributed by atoms with Crippen LogP contribution in [0.25, 0.3) is 10.8 Å². The van der Waals surface area contributed by atoms with Crippen LogP contribution < -0.4 is 5.32 Å². The Hall–Kier alpha value is -1.48. The van der Waals surface area contributed by atoms with Crippen LogP contribution in [0.4, 0.5) is 0 Å². The first-order valence-electron chi connectivity index (χ1n) is 7.28. The predicted octanol–water partition coefficient (Wildman–Crippen LogP) is 4.55. The Balaban J connectivity index is 2.09. The third-order valence-electron chi connectivity index (χ3n) is 3.30. The Labute approximate surface area is 131 Å². The Morgan fingerprint density at radius 3 is 2.52 bits per heavy atom. The number of amides is 1. The minimum atomic E-state index is 0.0177. The lowest BCUT2D eigenvalue weighted by atomic mass is 10.00. The quantitative estimate of drug-likeness (QED) is 0.897. The summed E-state index contributed by atoms with van der Waals surface area (Å²) in [5.41, 5.74) is 1.17. The minimum absolute atomic E-state index is 0.0177. The molecule has 0 aromatic heterocycles. The number of hydrogen-bond donors (Lipinski definition) is 1. The summed E-state index contributed by atoms with van der Waals surface area (Å²) in [4.78, 5) is 12.1. The lowest BCUT2D eigenvalue weighted by Crippen LogP contribution is -2.29. The molecule has 2 aromatic rings. The van der Waals surface area contributed by atoms with Gasteiger partial charge in [0.15, 0.2) is 0 Å². The van der Waals surface area contributed by atoms with E-state index in [1.54, 1.807) is 11.8 Å². The zero-order valence-electron chi connectivity index (χ0n) is 13.1. The van der Waals surface area contributed by atoms with E-state index in [-0.39, 0.29) is 16.7 Å². The lowest BCUT2D eigenvalue weighted by Gasteiger charge is -2.20. The fourth-order valence-electron chi connectivity index (χ4n) is 2.27. The molecule has 0 aliphatic heterocycles. The van der Waals surface area contributed by atoms with Crippen LogP contribution in [0.5, 0.6) is 0 Å². The van der Waals surface area contributed by atoms with E-state index in [1.807, 2.05) is 25.1 Å². The van der Waals surface area contributed by atoms with Crippen molar-refractivity contribution >= 4 is 28.4 Å². The lowest BCUT2D eigenvalue weighted by molar-refractivity contribution is -0.119. The number of carbonyl (C=O) groups excluding carboxylic acids is 1. The van der Waals surface area contributed by atoms with Crippen LogP contribution in [-0.2, 0) is 4.79 Å². The van der Waals surface area contributed by atoms with Crippen molar-refractivity contribution < 1.29 is 4.79 Å². The molecule has 3 heteroatoms. The zero-order valence-corrected chi connectivity index (χ0v) is 14.0. The molecular weight excluding hydrogens is 278 g/mol. The van der Waals surface area contributed by atoms with Gasteiger partial charge in [-0.2, -0.15) is 0 Å². The minimum Gasteiger partial charge on any atom is -0.349 e. The molecule has 2 nitrogen and oxygen atoms in total. The maximum Gasteiger partial charge on any atom is 0.230 e. The van der Waals surface area contributed by atoms with Gasteiger partial charge in [-0.05, 0) is 23.3 Å². The average Bonchev–Trinajstić information content (AvgIpc) is 2.43. The monoisotopic (exact) mass is 301 g/mol. The standard InChI is InChI=1S/C18H23NOS/c1-13(19-17(20)12-21-18(2,3)4)15-11-7-9-14-8-5-6-10-16(14)15/h5-11,13H,12H2,1-4H3,(H,19,20). The van der Waals surface area contributed by atoms with Gasteiger partial charge in [0.1, 0.15) is 0 Å². The number of benzene rings is 2. The largest absolute Gasteiger partial charge is 0.349 e. The Morgan fingerprint density at radius 1 is 1.14 bits per heavy atom. The van der Waals surface area contributed by atoms with Crippen LogP contribution in [0.1, 0.15) is 39.3 Å². The number of carbonyl (C=O) groups is 1. The molecule has 0 aliphatic rings. The summed E-state index contributed by atoms with van der Waals surface area (Å²) in [6.45, 7) is 8.42. The smallest absolute Gasteiger partial charge is 0.230 e. The normalized spacial score (nSPS) is 13.1. The molecule has 0 spiro atoms. The Kier molecular flexibility index (Phi) is 4.94. The number of rotatable bonds is 4. The van der Waals surface area contributed by atoms with Gasteiger partial charge in [0.2, 0.25) is 5.91 Å². The molecule has 1 amide bonds. The highest BCUT2D eigenvalue weighted by atomic mass is 32.2. The third-order valence-corrected chi connectivity index (χ3v) is 4.58. The Bertz CT molecular complexity index is 625. The summed E-state index contributed by atoms with van der Waals surface area (Å²) < 4.78 is 0.111. The molecule has 0 fully saturated rings. The summed E-state index contributed by atoms with van der Waals surface area (Å²) in [5, 5.41) is 5.51. The molecule has 1 atom stereocenters. The van der Waals surface area contributed by atoms with Crippen molar-refractivity contribution in [2.24, 2.45) is 0 Å². The van der Waals surface area contributed by atoms with E-state index in [4.69, 9.17) is 0 Å². The SMILES string of the molecule is CC(NC(=O)CSC(C)(C)C)c1cccc2ccccc12. The van der Waals surface area contributed by atoms with Crippen molar-refractivity contribution in [2.45, 2.75) is 38.5 Å². The molecule has 21 heavy (non-hydrogen) atoms. The van der Waals surface area contributed by atoms with Crippen molar-refractivity contribution in [3.05, 3.63) is 48.0 Å². The molecular formula is C18H23NOS. The molecule has 0 bridgehead atoms. The molecule has 0 heterocycles. The van der Waals surface area contributed by atoms with E-state index in [9.17, 15) is 4.79 Å². The number of fused-ring (bicyclic) bond motifs is 1. The van der Waals surface area contributed by atoms with E-state index in [0.717, 1.165) is 0 Å². The summed E-state index contributed by atoms with van der Waals surface area (Å²) in [6, 6.07) is 14.5. The van der Waals surface area contributed by atoms with Crippen LogP contribution in [0.3, 0.4) is 0 Å². The molecule has 0 saturated heterocycles. The second kappa shape index (κ2) is 6.52. The topological polar surface area (TPSA) is 29.1 Å².